The summed E-state index contributed by atoms with van der Waals surface area (Å²) in [6.45, 7) is 13.7. The second kappa shape index (κ2) is 55.5. The Balaban J connectivity index is -0.00000116. The van der Waals surface area contributed by atoms with Crippen molar-refractivity contribution in [1.29, 1.82) is 0 Å². The molecule has 8 heteroatoms. The molecule has 0 fully saturated rings. The van der Waals surface area contributed by atoms with E-state index in [0.29, 0.717) is 19.5 Å². The fraction of sp³-hybridized carbons (Fsp3) is 0.940. The van der Waals surface area contributed by atoms with Crippen LogP contribution in [0, 0.1) is 0 Å². The summed E-state index contributed by atoms with van der Waals surface area (Å²) in [5, 5.41) is 7.00. The van der Waals surface area contributed by atoms with Gasteiger partial charge in [0.05, 0.1) is 12.6 Å². The molecule has 1 unspecified atom stereocenters. The van der Waals surface area contributed by atoms with E-state index in [1.54, 1.807) is 0 Å². The van der Waals surface area contributed by atoms with Crippen molar-refractivity contribution in [3.63, 3.8) is 0 Å². The average molecular weight is 827 g/mol. The monoisotopic (exact) mass is 827 g/mol. The van der Waals surface area contributed by atoms with Crippen molar-refractivity contribution in [2.45, 2.75) is 271 Å². The van der Waals surface area contributed by atoms with Crippen LogP contribution < -0.4 is 5.73 Å². The fourth-order valence-electron chi connectivity index (χ4n) is 7.35. The smallest absolute Gasteiger partial charge is 0.305 e. The summed E-state index contributed by atoms with van der Waals surface area (Å²) in [6, 6.07) is -0.297. The van der Waals surface area contributed by atoms with E-state index in [0.717, 1.165) is 77.9 Å². The van der Waals surface area contributed by atoms with Crippen molar-refractivity contribution in [3.8, 4) is 0 Å². The van der Waals surface area contributed by atoms with Crippen LogP contribution in [-0.4, -0.2) is 74.2 Å². The highest BCUT2D eigenvalue weighted by atomic mass is 16.5. The van der Waals surface area contributed by atoms with E-state index in [4.69, 9.17) is 20.3 Å². The van der Waals surface area contributed by atoms with Gasteiger partial charge in [0.15, 0.2) is 0 Å². The van der Waals surface area contributed by atoms with Gasteiger partial charge in [-0.1, -0.05) is 188 Å². The Hall–Kier alpha value is -1.51. The van der Waals surface area contributed by atoms with Gasteiger partial charge in [0.2, 0.25) is 0 Å². The molecule has 348 valence electrons. The molecule has 0 amide bonds. The number of hydrogen-bond acceptors (Lipinski definition) is 8. The number of nitrogens with zero attached hydrogens (tertiary/aromatic N) is 1. The van der Waals surface area contributed by atoms with Gasteiger partial charge in [-0.05, 0) is 83.8 Å². The third-order valence-corrected chi connectivity index (χ3v) is 11.1. The van der Waals surface area contributed by atoms with Crippen LogP contribution in [0.4, 0.5) is 0 Å². The zero-order chi connectivity index (χ0) is 43.4. The van der Waals surface area contributed by atoms with E-state index < -0.39 is 0 Å². The number of ether oxygens (including phenoxy) is 2. The van der Waals surface area contributed by atoms with Crippen molar-refractivity contribution in [3.05, 3.63) is 0 Å². The SMILES string of the molecule is CCCCCCCCC(CCCCCCCC)OC=O.CCCCCCCCCOC(=O)CCCCCCCN(CCCCCCCC)CCCCC(N)C=O.CO. The Morgan fingerprint density at radius 2 is 0.845 bits per heavy atom. The van der Waals surface area contributed by atoms with Gasteiger partial charge in [0.1, 0.15) is 12.4 Å². The van der Waals surface area contributed by atoms with Crippen molar-refractivity contribution >= 4 is 18.7 Å². The molecule has 0 bridgehead atoms. The topological polar surface area (TPSA) is 119 Å². The summed E-state index contributed by atoms with van der Waals surface area (Å²) in [7, 11) is 1.00. The lowest BCUT2D eigenvalue weighted by atomic mass is 10.0. The molecule has 0 radical (unpaired) electrons. The van der Waals surface area contributed by atoms with Crippen molar-refractivity contribution in [2.75, 3.05) is 33.4 Å². The maximum atomic E-state index is 11.9. The van der Waals surface area contributed by atoms with E-state index in [1.165, 1.54) is 180 Å². The summed E-state index contributed by atoms with van der Waals surface area (Å²) < 4.78 is 10.6. The highest BCUT2D eigenvalue weighted by Gasteiger charge is 2.09. The zero-order valence-corrected chi connectivity index (χ0v) is 39.6. The number of rotatable bonds is 45. The van der Waals surface area contributed by atoms with E-state index in [-0.39, 0.29) is 18.1 Å². The minimum atomic E-state index is -0.297. The second-order valence-corrected chi connectivity index (χ2v) is 16.7. The fourth-order valence-corrected chi connectivity index (χ4v) is 7.35. The molecular formula is C50H102N2O6. The molecule has 0 aromatic heterocycles. The summed E-state index contributed by atoms with van der Waals surface area (Å²) in [5.41, 5.74) is 5.73. The molecule has 0 aliphatic heterocycles. The Labute approximate surface area is 361 Å². The number of aliphatic hydroxyl groups excluding tert-OH is 1. The first-order valence-corrected chi connectivity index (χ1v) is 25.1. The zero-order valence-electron chi connectivity index (χ0n) is 39.6. The van der Waals surface area contributed by atoms with Crippen LogP contribution in [0.1, 0.15) is 259 Å². The van der Waals surface area contributed by atoms with Crippen LogP contribution in [0.25, 0.3) is 0 Å². The lowest BCUT2D eigenvalue weighted by Gasteiger charge is -2.22. The predicted octanol–water partition coefficient (Wildman–Crippen LogP) is 13.6. The molecular weight excluding hydrogens is 725 g/mol. The normalized spacial score (nSPS) is 11.5. The first-order chi connectivity index (χ1) is 28.5. The molecule has 1 atom stereocenters. The molecule has 8 nitrogen and oxygen atoms in total. The molecule has 0 saturated carbocycles. The molecule has 0 aliphatic carbocycles. The maximum Gasteiger partial charge on any atom is 0.305 e. The van der Waals surface area contributed by atoms with Crippen LogP contribution in [0.2, 0.25) is 0 Å². The van der Waals surface area contributed by atoms with E-state index in [1.807, 2.05) is 0 Å². The van der Waals surface area contributed by atoms with Gasteiger partial charge in [-0.15, -0.1) is 0 Å². The number of hydrogen-bond donors (Lipinski definition) is 2. The van der Waals surface area contributed by atoms with Crippen molar-refractivity contribution < 1.29 is 29.0 Å². The number of carbonyl (C=O) groups is 3. The van der Waals surface area contributed by atoms with Gasteiger partial charge in [-0.2, -0.15) is 0 Å². The molecule has 0 saturated heterocycles. The minimum Gasteiger partial charge on any atom is -0.466 e. The lowest BCUT2D eigenvalue weighted by molar-refractivity contribution is -0.144. The third kappa shape index (κ3) is 52.5. The number of nitrogens with two attached hydrogens (primary N) is 1. The minimum absolute atomic E-state index is 0.0135. The summed E-state index contributed by atoms with van der Waals surface area (Å²) in [5.74, 6) is -0.0135. The van der Waals surface area contributed by atoms with E-state index >= 15 is 0 Å². The lowest BCUT2D eigenvalue weighted by Crippen LogP contribution is -2.28. The van der Waals surface area contributed by atoms with Gasteiger partial charge in [0.25, 0.3) is 6.47 Å². The third-order valence-electron chi connectivity index (χ3n) is 11.1. The number of esters is 1. The summed E-state index contributed by atoms with van der Waals surface area (Å²) in [6.07, 6.45) is 44.8. The molecule has 58 heavy (non-hydrogen) atoms. The molecule has 0 aromatic rings. The maximum absolute atomic E-state index is 11.9. The Kier molecular flexibility index (Phi) is 58.2. The number of aliphatic hydroxyl groups is 1. The summed E-state index contributed by atoms with van der Waals surface area (Å²) >= 11 is 0. The van der Waals surface area contributed by atoms with Gasteiger partial charge >= 0.3 is 5.97 Å². The highest BCUT2D eigenvalue weighted by Crippen LogP contribution is 2.17. The largest absolute Gasteiger partial charge is 0.466 e. The second-order valence-electron chi connectivity index (χ2n) is 16.7. The van der Waals surface area contributed by atoms with Crippen LogP contribution in [0.15, 0.2) is 0 Å². The number of unbranched alkanes of at least 4 members (excludes halogenated alkanes) is 26. The quantitative estimate of drug-likeness (QED) is 0.0354. The standard InChI is InChI=1S/C31H62N2O3.C18H36O2.CH4O/c1-3-5-7-9-11-16-22-28-36-31(35)24-17-13-12-15-20-26-33(25-19-14-10-8-6-4-2)27-21-18-23-30(32)29-34;1-3-5-7-9-11-13-15-18(20-17-19)16-14-12-10-8-6-4-2;1-2/h29-30H,3-28,32H2,1-2H3;17-18H,3-16H2,1-2H3;2H,1H3. The van der Waals surface area contributed by atoms with Crippen LogP contribution in [0.5, 0.6) is 0 Å². The van der Waals surface area contributed by atoms with Crippen LogP contribution in [-0.2, 0) is 23.9 Å². The van der Waals surface area contributed by atoms with Crippen molar-refractivity contribution in [2.24, 2.45) is 5.73 Å². The highest BCUT2D eigenvalue weighted by molar-refractivity contribution is 5.69. The van der Waals surface area contributed by atoms with Gasteiger partial charge in [-0.25, -0.2) is 0 Å². The predicted molar refractivity (Wildman–Crippen MR) is 249 cm³/mol. The first kappa shape index (κ1) is 60.8. The first-order valence-electron chi connectivity index (χ1n) is 25.1. The molecule has 0 rings (SSSR count). The molecule has 0 spiro atoms. The number of carbonyl (C=O) groups excluding carboxylic acids is 3. The molecule has 0 heterocycles. The molecule has 3 N–H and O–H groups in total. The van der Waals surface area contributed by atoms with E-state index in [2.05, 4.69) is 32.6 Å². The Morgan fingerprint density at radius 1 is 0.500 bits per heavy atom. The molecule has 0 aromatic carbocycles. The van der Waals surface area contributed by atoms with Crippen LogP contribution >= 0.6 is 0 Å². The Morgan fingerprint density at radius 3 is 1.26 bits per heavy atom. The van der Waals surface area contributed by atoms with Gasteiger partial charge < -0.3 is 30.0 Å². The van der Waals surface area contributed by atoms with Crippen molar-refractivity contribution in [1.82, 2.24) is 4.90 Å². The molecule has 0 aliphatic rings. The Bertz CT molecular complexity index is 769. The average Bonchev–Trinajstić information content (AvgIpc) is 3.24. The number of aldehydes is 1. The van der Waals surface area contributed by atoms with Gasteiger partial charge in [-0.3, -0.25) is 9.59 Å². The summed E-state index contributed by atoms with van der Waals surface area (Å²) in [4.78, 5) is 35.8. The van der Waals surface area contributed by atoms with E-state index in [9.17, 15) is 14.4 Å². The van der Waals surface area contributed by atoms with Gasteiger partial charge in [0, 0.05) is 13.5 Å². The van der Waals surface area contributed by atoms with Crippen LogP contribution in [0.3, 0.4) is 0 Å².